The van der Waals surface area contributed by atoms with Gasteiger partial charge in [-0.15, -0.1) is 0 Å². The van der Waals surface area contributed by atoms with Crippen LogP contribution >= 0.6 is 11.8 Å². The molecule has 3 nitrogen and oxygen atoms in total. The lowest BCUT2D eigenvalue weighted by molar-refractivity contribution is -0.123. The van der Waals surface area contributed by atoms with Crippen molar-refractivity contribution in [3.05, 3.63) is 0 Å². The first-order chi connectivity index (χ1) is 5.90. The van der Waals surface area contributed by atoms with Gasteiger partial charge in [-0.05, 0) is 27.0 Å². The van der Waals surface area contributed by atoms with Gasteiger partial charge in [-0.1, -0.05) is 0 Å². The highest BCUT2D eigenvalue weighted by Gasteiger charge is 2.25. The summed E-state index contributed by atoms with van der Waals surface area (Å²) in [6, 6.07) is 0. The minimum Gasteiger partial charge on any atom is -0.391 e. The maximum Gasteiger partial charge on any atom is 0.221 e. The van der Waals surface area contributed by atoms with Crippen LogP contribution in [-0.2, 0) is 4.79 Å². The van der Waals surface area contributed by atoms with Crippen molar-refractivity contribution in [2.45, 2.75) is 38.8 Å². The van der Waals surface area contributed by atoms with E-state index in [1.807, 2.05) is 20.1 Å². The van der Waals surface area contributed by atoms with Gasteiger partial charge in [-0.3, -0.25) is 4.79 Å². The summed E-state index contributed by atoms with van der Waals surface area (Å²) < 4.78 is 0. The molecule has 0 aliphatic carbocycles. The van der Waals surface area contributed by atoms with Gasteiger partial charge >= 0.3 is 0 Å². The predicted octanol–water partition coefficient (Wildman–Crippen LogP) is 1.02. The van der Waals surface area contributed by atoms with Gasteiger partial charge in [0.05, 0.1) is 11.6 Å². The Kier molecular flexibility index (Phi) is 5.40. The number of hydrogen-bond donors (Lipinski definition) is 2. The summed E-state index contributed by atoms with van der Waals surface area (Å²) in [5.41, 5.74) is -0.532. The third kappa shape index (κ3) is 5.16. The number of aliphatic hydroxyl groups is 1. The zero-order valence-corrected chi connectivity index (χ0v) is 9.57. The largest absolute Gasteiger partial charge is 0.391 e. The molecule has 78 valence electrons. The van der Waals surface area contributed by atoms with E-state index < -0.39 is 11.6 Å². The van der Waals surface area contributed by atoms with Gasteiger partial charge < -0.3 is 10.4 Å². The number of carbonyl (C=O) groups is 1. The normalized spacial score (nSPS) is 13.9. The second-order valence-electron chi connectivity index (χ2n) is 3.69. The second kappa shape index (κ2) is 5.50. The quantitative estimate of drug-likeness (QED) is 0.704. The van der Waals surface area contributed by atoms with Crippen LogP contribution in [0.25, 0.3) is 0 Å². The number of carbonyl (C=O) groups excluding carboxylic acids is 1. The number of nitrogens with one attached hydrogen (secondary N) is 1. The molecule has 0 radical (unpaired) electrons. The van der Waals surface area contributed by atoms with Crippen LogP contribution in [0.4, 0.5) is 0 Å². The molecule has 0 rings (SSSR count). The average Bonchev–Trinajstić information content (AvgIpc) is 1.99. The Morgan fingerprint density at radius 1 is 1.62 bits per heavy atom. The first-order valence-corrected chi connectivity index (χ1v) is 5.77. The maximum atomic E-state index is 11.3. The summed E-state index contributed by atoms with van der Waals surface area (Å²) in [5, 5.41) is 12.1. The highest BCUT2D eigenvalue weighted by atomic mass is 32.2. The van der Waals surface area contributed by atoms with Crippen LogP contribution in [-0.4, -0.2) is 34.7 Å². The van der Waals surface area contributed by atoms with Gasteiger partial charge in [-0.25, -0.2) is 0 Å². The lowest BCUT2D eigenvalue weighted by atomic mass is 9.99. The molecule has 0 saturated carbocycles. The SMILES string of the molecule is CSCCC(=O)NC(C)(C)C(C)O. The van der Waals surface area contributed by atoms with E-state index in [1.165, 1.54) is 0 Å². The Hall–Kier alpha value is -0.220. The van der Waals surface area contributed by atoms with Crippen molar-refractivity contribution in [3.8, 4) is 0 Å². The number of thioether (sulfide) groups is 1. The molecule has 0 heterocycles. The van der Waals surface area contributed by atoms with Crippen molar-refractivity contribution in [2.75, 3.05) is 12.0 Å². The molecule has 1 unspecified atom stereocenters. The molecule has 4 heteroatoms. The Morgan fingerprint density at radius 2 is 2.15 bits per heavy atom. The summed E-state index contributed by atoms with van der Waals surface area (Å²) >= 11 is 1.64. The molecule has 1 atom stereocenters. The van der Waals surface area contributed by atoms with E-state index in [9.17, 15) is 9.90 Å². The van der Waals surface area contributed by atoms with Crippen LogP contribution in [0.15, 0.2) is 0 Å². The number of amides is 1. The van der Waals surface area contributed by atoms with Crippen molar-refractivity contribution in [1.29, 1.82) is 0 Å². The molecule has 0 fully saturated rings. The highest BCUT2D eigenvalue weighted by molar-refractivity contribution is 7.98. The summed E-state index contributed by atoms with van der Waals surface area (Å²) in [6.45, 7) is 5.30. The molecule has 1 amide bonds. The van der Waals surface area contributed by atoms with Crippen LogP contribution in [0.3, 0.4) is 0 Å². The van der Waals surface area contributed by atoms with Gasteiger partial charge in [-0.2, -0.15) is 11.8 Å². The standard InChI is InChI=1S/C9H19NO2S/c1-7(11)9(2,3)10-8(12)5-6-13-4/h7,11H,5-6H2,1-4H3,(H,10,12). The van der Waals surface area contributed by atoms with Crippen molar-refractivity contribution >= 4 is 17.7 Å². The molecule has 13 heavy (non-hydrogen) atoms. The molecule has 2 N–H and O–H groups in total. The van der Waals surface area contributed by atoms with E-state index in [-0.39, 0.29) is 5.91 Å². The topological polar surface area (TPSA) is 49.3 Å². The van der Waals surface area contributed by atoms with Crippen LogP contribution in [0.5, 0.6) is 0 Å². The van der Waals surface area contributed by atoms with Gasteiger partial charge in [0.2, 0.25) is 5.91 Å². The van der Waals surface area contributed by atoms with Crippen LogP contribution in [0, 0.1) is 0 Å². The third-order valence-electron chi connectivity index (χ3n) is 2.04. The minimum absolute atomic E-state index is 0.000231. The van der Waals surface area contributed by atoms with Crippen LogP contribution in [0.2, 0.25) is 0 Å². The van der Waals surface area contributed by atoms with Crippen LogP contribution < -0.4 is 5.32 Å². The summed E-state index contributed by atoms with van der Waals surface area (Å²) in [6.07, 6.45) is 1.94. The predicted molar refractivity (Wildman–Crippen MR) is 56.9 cm³/mol. The minimum atomic E-state index is -0.536. The molecule has 0 aromatic rings. The zero-order chi connectivity index (χ0) is 10.5. The van der Waals surface area contributed by atoms with Crippen molar-refractivity contribution in [2.24, 2.45) is 0 Å². The van der Waals surface area contributed by atoms with Gasteiger partial charge in [0.25, 0.3) is 0 Å². The van der Waals surface area contributed by atoms with Gasteiger partial charge in [0.15, 0.2) is 0 Å². The van der Waals surface area contributed by atoms with E-state index in [4.69, 9.17) is 0 Å². The Balaban J connectivity index is 3.90. The molecule has 0 saturated heterocycles. The second-order valence-corrected chi connectivity index (χ2v) is 4.67. The summed E-state index contributed by atoms with van der Waals surface area (Å²) in [4.78, 5) is 11.3. The lowest BCUT2D eigenvalue weighted by Gasteiger charge is -2.29. The lowest BCUT2D eigenvalue weighted by Crippen LogP contribution is -2.51. The van der Waals surface area contributed by atoms with E-state index in [1.54, 1.807) is 18.7 Å². The summed E-state index contributed by atoms with van der Waals surface area (Å²) in [7, 11) is 0. The molecule has 0 bridgehead atoms. The monoisotopic (exact) mass is 205 g/mol. The zero-order valence-electron chi connectivity index (χ0n) is 8.76. The average molecular weight is 205 g/mol. The number of aliphatic hydroxyl groups excluding tert-OH is 1. The third-order valence-corrected chi connectivity index (χ3v) is 2.65. The molecule has 0 aliphatic heterocycles. The first-order valence-electron chi connectivity index (χ1n) is 4.38. The molecular formula is C9H19NO2S. The Bertz CT molecular complexity index is 169. The Labute approximate surface area is 84.3 Å². The fourth-order valence-corrected chi connectivity index (χ4v) is 1.11. The molecule has 0 spiro atoms. The number of hydrogen-bond acceptors (Lipinski definition) is 3. The van der Waals surface area contributed by atoms with E-state index in [0.29, 0.717) is 6.42 Å². The smallest absolute Gasteiger partial charge is 0.221 e. The van der Waals surface area contributed by atoms with E-state index >= 15 is 0 Å². The van der Waals surface area contributed by atoms with Crippen molar-refractivity contribution in [1.82, 2.24) is 5.32 Å². The molecule has 0 aromatic carbocycles. The van der Waals surface area contributed by atoms with Gasteiger partial charge in [0, 0.05) is 12.2 Å². The van der Waals surface area contributed by atoms with E-state index in [0.717, 1.165) is 5.75 Å². The molecular weight excluding hydrogens is 186 g/mol. The van der Waals surface area contributed by atoms with Gasteiger partial charge in [0.1, 0.15) is 0 Å². The molecule has 0 aromatic heterocycles. The van der Waals surface area contributed by atoms with Crippen molar-refractivity contribution in [3.63, 3.8) is 0 Å². The molecule has 0 aliphatic rings. The van der Waals surface area contributed by atoms with Crippen LogP contribution in [0.1, 0.15) is 27.2 Å². The number of rotatable bonds is 5. The summed E-state index contributed by atoms with van der Waals surface area (Å²) in [5.74, 6) is 0.821. The maximum absolute atomic E-state index is 11.3. The first kappa shape index (κ1) is 12.8. The highest BCUT2D eigenvalue weighted by Crippen LogP contribution is 2.08. The van der Waals surface area contributed by atoms with E-state index in [2.05, 4.69) is 5.32 Å². The fourth-order valence-electron chi connectivity index (χ4n) is 0.721. The van der Waals surface area contributed by atoms with Crippen molar-refractivity contribution < 1.29 is 9.90 Å². The Morgan fingerprint density at radius 3 is 2.54 bits per heavy atom. The fraction of sp³-hybridized carbons (Fsp3) is 0.889.